The minimum absolute atomic E-state index is 0.0803. The van der Waals surface area contributed by atoms with Crippen molar-refractivity contribution in [2.24, 2.45) is 4.40 Å². The first-order valence-electron chi connectivity index (χ1n) is 6.18. The summed E-state index contributed by atoms with van der Waals surface area (Å²) >= 11 is 6.86. The second-order valence-corrected chi connectivity index (χ2v) is 8.05. The van der Waals surface area contributed by atoms with Gasteiger partial charge in [-0.3, -0.25) is 0 Å². The minimum Gasteiger partial charge on any atom is -0.349 e. The second kappa shape index (κ2) is 5.32. The molecule has 0 unspecified atom stereocenters. The Bertz CT molecular complexity index is 800. The van der Waals surface area contributed by atoms with E-state index in [1.54, 1.807) is 6.07 Å². The Morgan fingerprint density at radius 3 is 2.76 bits per heavy atom. The average Bonchev–Trinajstić information content (AvgIpc) is 2.81. The van der Waals surface area contributed by atoms with Crippen LogP contribution in [-0.4, -0.2) is 14.4 Å². The maximum Gasteiger partial charge on any atom is 0.297 e. The van der Waals surface area contributed by atoms with Crippen molar-refractivity contribution in [1.82, 2.24) is 5.32 Å². The largest absolute Gasteiger partial charge is 0.349 e. The van der Waals surface area contributed by atoms with Gasteiger partial charge >= 0.3 is 0 Å². The van der Waals surface area contributed by atoms with Gasteiger partial charge in [0.2, 0.25) is 5.96 Å². The highest BCUT2D eigenvalue weighted by Crippen LogP contribution is 2.37. The molecule has 0 saturated carbocycles. The Kier molecular flexibility index (Phi) is 3.64. The molecule has 3 rings (SSSR count). The molecule has 5 nitrogen and oxygen atoms in total. The van der Waals surface area contributed by atoms with Gasteiger partial charge < -0.3 is 10.6 Å². The Hall–Kier alpha value is -1.57. The predicted molar refractivity (Wildman–Crippen MR) is 85.6 cm³/mol. The summed E-state index contributed by atoms with van der Waals surface area (Å²) in [5, 5.41) is 6.02. The number of fused-ring (bicyclic) bond motifs is 1. The van der Waals surface area contributed by atoms with Crippen LogP contribution in [0.5, 0.6) is 0 Å². The van der Waals surface area contributed by atoms with Crippen molar-refractivity contribution in [2.45, 2.75) is 17.2 Å². The summed E-state index contributed by atoms with van der Waals surface area (Å²) in [5.74, 6) is 0.202. The molecule has 0 amide bonds. The van der Waals surface area contributed by atoms with Crippen molar-refractivity contribution in [2.75, 3.05) is 5.32 Å². The number of thiophene rings is 1. The highest BCUT2D eigenvalue weighted by Gasteiger charge is 2.28. The third-order valence-corrected chi connectivity index (χ3v) is 6.07. The highest BCUT2D eigenvalue weighted by molar-refractivity contribution is 7.92. The van der Waals surface area contributed by atoms with Crippen LogP contribution in [0.1, 0.15) is 18.5 Å². The molecule has 0 radical (unpaired) electrons. The first-order valence-corrected chi connectivity index (χ1v) is 8.82. The maximum atomic E-state index is 12.1. The lowest BCUT2D eigenvalue weighted by molar-refractivity contribution is 0.598. The number of anilines is 1. The van der Waals surface area contributed by atoms with E-state index >= 15 is 0 Å². The van der Waals surface area contributed by atoms with E-state index in [2.05, 4.69) is 15.0 Å². The van der Waals surface area contributed by atoms with E-state index in [0.717, 1.165) is 16.9 Å². The van der Waals surface area contributed by atoms with Crippen molar-refractivity contribution in [3.8, 4) is 0 Å². The quantitative estimate of drug-likeness (QED) is 0.879. The van der Waals surface area contributed by atoms with Crippen LogP contribution in [0.4, 0.5) is 5.69 Å². The highest BCUT2D eigenvalue weighted by atomic mass is 35.5. The first kappa shape index (κ1) is 14.4. The van der Waals surface area contributed by atoms with E-state index in [1.807, 2.05) is 37.3 Å². The molecule has 110 valence electrons. The van der Waals surface area contributed by atoms with Crippen LogP contribution < -0.4 is 10.6 Å². The van der Waals surface area contributed by atoms with Crippen LogP contribution in [0, 0.1) is 0 Å². The van der Waals surface area contributed by atoms with Gasteiger partial charge in [-0.25, -0.2) is 0 Å². The normalized spacial score (nSPS) is 17.3. The molecule has 1 atom stereocenters. The van der Waals surface area contributed by atoms with Crippen molar-refractivity contribution in [1.29, 1.82) is 0 Å². The molecule has 0 aliphatic carbocycles. The summed E-state index contributed by atoms with van der Waals surface area (Å²) in [4.78, 5) is 0. The van der Waals surface area contributed by atoms with E-state index in [0.29, 0.717) is 10.0 Å². The zero-order valence-electron chi connectivity index (χ0n) is 11.0. The number of nitrogens with one attached hydrogen (secondary N) is 2. The molecule has 1 aromatic carbocycles. The fourth-order valence-electron chi connectivity index (χ4n) is 2.03. The Morgan fingerprint density at radius 2 is 2.05 bits per heavy atom. The molecular weight excluding hydrogens is 330 g/mol. The van der Waals surface area contributed by atoms with Crippen LogP contribution in [0.2, 0.25) is 4.34 Å². The fourth-order valence-corrected chi connectivity index (χ4v) is 4.69. The van der Waals surface area contributed by atoms with Crippen LogP contribution >= 0.6 is 22.9 Å². The molecule has 1 aliphatic heterocycles. The Labute approximate surface area is 131 Å². The van der Waals surface area contributed by atoms with Crippen molar-refractivity contribution < 1.29 is 8.42 Å². The molecule has 2 aromatic rings. The van der Waals surface area contributed by atoms with Crippen molar-refractivity contribution in [3.63, 3.8) is 0 Å². The molecule has 0 fully saturated rings. The van der Waals surface area contributed by atoms with Crippen LogP contribution in [0.25, 0.3) is 0 Å². The molecule has 0 bridgehead atoms. The molecule has 2 N–H and O–H groups in total. The summed E-state index contributed by atoms with van der Waals surface area (Å²) < 4.78 is 28.5. The zero-order valence-corrected chi connectivity index (χ0v) is 13.4. The van der Waals surface area contributed by atoms with Gasteiger partial charge in [0.1, 0.15) is 0 Å². The lowest BCUT2D eigenvalue weighted by Gasteiger charge is -2.20. The molecule has 1 aromatic heterocycles. The molecule has 0 saturated heterocycles. The van der Waals surface area contributed by atoms with Crippen molar-refractivity contribution >= 4 is 44.6 Å². The van der Waals surface area contributed by atoms with E-state index in [-0.39, 0.29) is 16.2 Å². The van der Waals surface area contributed by atoms with E-state index in [9.17, 15) is 8.42 Å². The van der Waals surface area contributed by atoms with Crippen LogP contribution in [0.15, 0.2) is 45.0 Å². The minimum atomic E-state index is -3.70. The number of hydrogen-bond acceptors (Lipinski definition) is 5. The Balaban J connectivity index is 1.86. The molecular formula is C13H12ClN3O2S2. The molecule has 21 heavy (non-hydrogen) atoms. The topological polar surface area (TPSA) is 70.6 Å². The third kappa shape index (κ3) is 2.90. The monoisotopic (exact) mass is 341 g/mol. The van der Waals surface area contributed by atoms with Gasteiger partial charge in [0.05, 0.1) is 16.1 Å². The second-order valence-electron chi connectivity index (χ2n) is 4.57. The van der Waals surface area contributed by atoms with Crippen LogP contribution in [-0.2, 0) is 10.0 Å². The number of hydrogen-bond donors (Lipinski definition) is 2. The standard InChI is InChI=1S/C13H12ClN3O2S2/c1-8(9-5-3-2-4-6-9)15-13-16-10-7-11(14)20-12(10)21(18,19)17-13/h2-8H,1H3,(H2,15,16,17)/t8-/m0/s1. The molecule has 0 spiro atoms. The molecule has 8 heteroatoms. The smallest absolute Gasteiger partial charge is 0.297 e. The van der Waals surface area contributed by atoms with E-state index in [4.69, 9.17) is 11.6 Å². The number of halogens is 1. The summed E-state index contributed by atoms with van der Waals surface area (Å²) in [5.41, 5.74) is 1.50. The fraction of sp³-hybridized carbons (Fsp3) is 0.154. The lowest BCUT2D eigenvalue weighted by Crippen LogP contribution is -2.35. The maximum absolute atomic E-state index is 12.1. The van der Waals surface area contributed by atoms with Crippen molar-refractivity contribution in [3.05, 3.63) is 46.3 Å². The number of rotatable bonds is 2. The van der Waals surface area contributed by atoms with Gasteiger partial charge in [0.15, 0.2) is 4.21 Å². The predicted octanol–water partition coefficient (Wildman–Crippen LogP) is 3.22. The lowest BCUT2D eigenvalue weighted by atomic mass is 10.1. The van der Waals surface area contributed by atoms with Gasteiger partial charge in [-0.15, -0.1) is 15.7 Å². The molecule has 1 aliphatic rings. The Morgan fingerprint density at radius 1 is 1.33 bits per heavy atom. The number of sulfonamides is 1. The summed E-state index contributed by atoms with van der Waals surface area (Å²) in [7, 11) is -3.70. The third-order valence-electron chi connectivity index (χ3n) is 3.02. The number of benzene rings is 1. The first-order chi connectivity index (χ1) is 9.95. The molecule has 2 heterocycles. The average molecular weight is 342 g/mol. The van der Waals surface area contributed by atoms with Gasteiger partial charge in [0, 0.05) is 0 Å². The van der Waals surface area contributed by atoms with E-state index in [1.165, 1.54) is 0 Å². The van der Waals surface area contributed by atoms with Gasteiger partial charge in [-0.1, -0.05) is 41.9 Å². The zero-order chi connectivity index (χ0) is 15.0. The van der Waals surface area contributed by atoms with E-state index < -0.39 is 10.0 Å². The summed E-state index contributed by atoms with van der Waals surface area (Å²) in [6, 6.07) is 11.2. The SMILES string of the molecule is C[C@H](NC1=NS(=O)(=O)c2sc(Cl)cc2N1)c1ccccc1. The summed E-state index contributed by atoms with van der Waals surface area (Å²) in [6.07, 6.45) is 0. The van der Waals surface area contributed by atoms with Gasteiger partial charge in [-0.05, 0) is 18.6 Å². The summed E-state index contributed by atoms with van der Waals surface area (Å²) in [6.45, 7) is 1.93. The number of nitrogens with zero attached hydrogens (tertiary/aromatic N) is 1. The number of guanidine groups is 1. The van der Waals surface area contributed by atoms with Gasteiger partial charge in [-0.2, -0.15) is 8.42 Å². The van der Waals surface area contributed by atoms with Crippen LogP contribution in [0.3, 0.4) is 0 Å². The van der Waals surface area contributed by atoms with Gasteiger partial charge in [0.25, 0.3) is 10.0 Å².